The molecule has 6 heteroatoms. The largest absolute Gasteiger partial charge is 0.455 e. The van der Waals surface area contributed by atoms with E-state index in [1.807, 2.05) is 75.4 Å². The van der Waals surface area contributed by atoms with E-state index in [0.717, 1.165) is 22.4 Å². The quantitative estimate of drug-likeness (QED) is 0.556. The molecule has 0 radical (unpaired) electrons. The second-order valence-electron chi connectivity index (χ2n) is 7.52. The van der Waals surface area contributed by atoms with Crippen LogP contribution in [0.3, 0.4) is 0 Å². The summed E-state index contributed by atoms with van der Waals surface area (Å²) in [6.45, 7) is 5.77. The average Bonchev–Trinajstić information content (AvgIpc) is 2.72. The number of para-hydroxylation sites is 3. The lowest BCUT2D eigenvalue weighted by Crippen LogP contribution is -2.37. The van der Waals surface area contributed by atoms with E-state index in [1.54, 1.807) is 19.2 Å². The lowest BCUT2D eigenvalue weighted by Gasteiger charge is -2.20. The first-order valence-electron chi connectivity index (χ1n) is 10.0. The van der Waals surface area contributed by atoms with Crippen LogP contribution in [0.1, 0.15) is 16.7 Å². The fourth-order valence-electron chi connectivity index (χ4n) is 3.15. The fourth-order valence-corrected chi connectivity index (χ4v) is 3.15. The number of anilines is 2. The molecule has 31 heavy (non-hydrogen) atoms. The molecule has 0 aliphatic rings. The molecule has 160 valence electrons. The number of aryl methyl sites for hydroxylation is 3. The van der Waals surface area contributed by atoms with E-state index in [4.69, 9.17) is 4.74 Å². The number of amides is 3. The summed E-state index contributed by atoms with van der Waals surface area (Å²) in [7, 11) is 1.57. The number of rotatable bonds is 6. The Morgan fingerprint density at radius 2 is 1.55 bits per heavy atom. The third-order valence-electron chi connectivity index (χ3n) is 4.82. The summed E-state index contributed by atoms with van der Waals surface area (Å²) >= 11 is 0. The van der Waals surface area contributed by atoms with Gasteiger partial charge in [0.05, 0.1) is 5.69 Å². The van der Waals surface area contributed by atoms with Gasteiger partial charge in [-0.1, -0.05) is 42.5 Å². The molecule has 3 aromatic carbocycles. The van der Waals surface area contributed by atoms with Crippen molar-refractivity contribution in [2.45, 2.75) is 20.8 Å². The second-order valence-corrected chi connectivity index (χ2v) is 7.52. The summed E-state index contributed by atoms with van der Waals surface area (Å²) in [4.78, 5) is 26.5. The zero-order chi connectivity index (χ0) is 22.4. The highest BCUT2D eigenvalue weighted by Crippen LogP contribution is 2.29. The predicted octanol–water partition coefficient (Wildman–Crippen LogP) is 5.51. The summed E-state index contributed by atoms with van der Waals surface area (Å²) in [5.74, 6) is 0.942. The van der Waals surface area contributed by atoms with Crippen LogP contribution in [0.4, 0.5) is 16.2 Å². The van der Waals surface area contributed by atoms with Gasteiger partial charge in [-0.3, -0.25) is 4.79 Å². The number of hydrogen-bond acceptors (Lipinski definition) is 3. The summed E-state index contributed by atoms with van der Waals surface area (Å²) in [6.07, 6.45) is 0. The normalized spacial score (nSPS) is 10.3. The number of carbonyl (C=O) groups is 2. The van der Waals surface area contributed by atoms with Gasteiger partial charge < -0.3 is 20.3 Å². The van der Waals surface area contributed by atoms with Crippen LogP contribution in [-0.2, 0) is 4.79 Å². The van der Waals surface area contributed by atoms with Crippen molar-refractivity contribution in [3.63, 3.8) is 0 Å². The fraction of sp³-hybridized carbons (Fsp3) is 0.200. The SMILES string of the molecule is Cc1cccc(Oc2ccccc2NC(=O)N(C)CC(=O)Nc2c(C)cccc2C)c1. The van der Waals surface area contributed by atoms with E-state index in [0.29, 0.717) is 17.2 Å². The van der Waals surface area contributed by atoms with E-state index >= 15 is 0 Å². The van der Waals surface area contributed by atoms with E-state index in [-0.39, 0.29) is 12.5 Å². The van der Waals surface area contributed by atoms with Crippen LogP contribution in [0.15, 0.2) is 66.7 Å². The van der Waals surface area contributed by atoms with Gasteiger partial charge in [0.15, 0.2) is 5.75 Å². The number of carbonyl (C=O) groups excluding carboxylic acids is 2. The summed E-state index contributed by atoms with van der Waals surface area (Å²) in [6, 6.07) is 20.3. The predicted molar refractivity (Wildman–Crippen MR) is 124 cm³/mol. The molecule has 0 aromatic heterocycles. The highest BCUT2D eigenvalue weighted by Gasteiger charge is 2.16. The molecular formula is C25H27N3O3. The minimum Gasteiger partial charge on any atom is -0.455 e. The Morgan fingerprint density at radius 1 is 0.871 bits per heavy atom. The Balaban J connectivity index is 1.64. The number of hydrogen-bond donors (Lipinski definition) is 2. The van der Waals surface area contributed by atoms with Crippen LogP contribution < -0.4 is 15.4 Å². The molecule has 2 N–H and O–H groups in total. The molecule has 3 amide bonds. The Hall–Kier alpha value is -3.80. The van der Waals surface area contributed by atoms with Crippen molar-refractivity contribution in [3.8, 4) is 11.5 Å². The minimum atomic E-state index is -0.406. The van der Waals surface area contributed by atoms with Gasteiger partial charge in [-0.05, 0) is 61.7 Å². The lowest BCUT2D eigenvalue weighted by atomic mass is 10.1. The van der Waals surface area contributed by atoms with Crippen molar-refractivity contribution in [3.05, 3.63) is 83.4 Å². The highest BCUT2D eigenvalue weighted by molar-refractivity contribution is 5.98. The van der Waals surface area contributed by atoms with Gasteiger partial charge in [0.25, 0.3) is 0 Å². The third kappa shape index (κ3) is 5.85. The second kappa shape index (κ2) is 9.80. The van der Waals surface area contributed by atoms with Crippen molar-refractivity contribution < 1.29 is 14.3 Å². The van der Waals surface area contributed by atoms with Crippen molar-refractivity contribution >= 4 is 23.3 Å². The molecule has 3 aromatic rings. The molecule has 0 fully saturated rings. The summed E-state index contributed by atoms with van der Waals surface area (Å²) in [5.41, 5.74) is 4.33. The van der Waals surface area contributed by atoms with Gasteiger partial charge in [-0.2, -0.15) is 0 Å². The molecule has 0 aliphatic heterocycles. The smallest absolute Gasteiger partial charge is 0.322 e. The molecule has 0 saturated carbocycles. The molecular weight excluding hydrogens is 390 g/mol. The zero-order valence-electron chi connectivity index (χ0n) is 18.2. The molecule has 0 aliphatic carbocycles. The first kappa shape index (κ1) is 21.9. The summed E-state index contributed by atoms with van der Waals surface area (Å²) in [5, 5.41) is 5.71. The van der Waals surface area contributed by atoms with E-state index < -0.39 is 6.03 Å². The molecule has 0 heterocycles. The lowest BCUT2D eigenvalue weighted by molar-refractivity contribution is -0.116. The van der Waals surface area contributed by atoms with Crippen molar-refractivity contribution in [2.24, 2.45) is 0 Å². The number of likely N-dealkylation sites (N-methyl/N-ethyl adjacent to an activating group) is 1. The van der Waals surface area contributed by atoms with Crippen LogP contribution in [0.2, 0.25) is 0 Å². The molecule has 3 rings (SSSR count). The molecule has 0 saturated heterocycles. The molecule has 0 spiro atoms. The minimum absolute atomic E-state index is 0.0828. The van der Waals surface area contributed by atoms with Crippen molar-refractivity contribution in [2.75, 3.05) is 24.2 Å². The number of benzene rings is 3. The van der Waals surface area contributed by atoms with Crippen molar-refractivity contribution in [1.82, 2.24) is 4.90 Å². The van der Waals surface area contributed by atoms with E-state index in [2.05, 4.69) is 10.6 Å². The molecule has 0 atom stereocenters. The van der Waals surface area contributed by atoms with E-state index in [1.165, 1.54) is 4.90 Å². The highest BCUT2D eigenvalue weighted by atomic mass is 16.5. The van der Waals surface area contributed by atoms with Gasteiger partial charge in [-0.25, -0.2) is 4.79 Å². The zero-order valence-corrected chi connectivity index (χ0v) is 18.2. The van der Waals surface area contributed by atoms with E-state index in [9.17, 15) is 9.59 Å². The van der Waals surface area contributed by atoms with Gasteiger partial charge >= 0.3 is 6.03 Å². The monoisotopic (exact) mass is 417 g/mol. The standard InChI is InChI=1S/C25H27N3O3/c1-17-9-7-12-20(15-17)31-22-14-6-5-13-21(22)26-25(30)28(4)16-23(29)27-24-18(2)10-8-11-19(24)3/h5-15H,16H2,1-4H3,(H,26,30)(H,27,29). The number of nitrogens with zero attached hydrogens (tertiary/aromatic N) is 1. The number of nitrogens with one attached hydrogen (secondary N) is 2. The van der Waals surface area contributed by atoms with Crippen LogP contribution >= 0.6 is 0 Å². The number of urea groups is 1. The number of ether oxygens (including phenoxy) is 1. The van der Waals surface area contributed by atoms with Gasteiger partial charge in [0.2, 0.25) is 5.91 Å². The third-order valence-corrected chi connectivity index (χ3v) is 4.82. The van der Waals surface area contributed by atoms with Crippen molar-refractivity contribution in [1.29, 1.82) is 0 Å². The topological polar surface area (TPSA) is 70.7 Å². The first-order valence-corrected chi connectivity index (χ1v) is 10.0. The maximum Gasteiger partial charge on any atom is 0.322 e. The van der Waals surface area contributed by atoms with Gasteiger partial charge in [0, 0.05) is 12.7 Å². The first-order chi connectivity index (χ1) is 14.8. The molecule has 6 nitrogen and oxygen atoms in total. The van der Waals surface area contributed by atoms with Crippen LogP contribution in [0.5, 0.6) is 11.5 Å². The van der Waals surface area contributed by atoms with Crippen LogP contribution in [-0.4, -0.2) is 30.4 Å². The Kier molecular flexibility index (Phi) is 6.92. The molecule has 0 bridgehead atoms. The Bertz CT molecular complexity index is 1070. The van der Waals surface area contributed by atoms with Crippen LogP contribution in [0, 0.1) is 20.8 Å². The van der Waals surface area contributed by atoms with Gasteiger partial charge in [-0.15, -0.1) is 0 Å². The maximum atomic E-state index is 12.7. The van der Waals surface area contributed by atoms with Crippen LogP contribution in [0.25, 0.3) is 0 Å². The average molecular weight is 418 g/mol. The summed E-state index contributed by atoms with van der Waals surface area (Å²) < 4.78 is 5.94. The Morgan fingerprint density at radius 3 is 2.26 bits per heavy atom. The Labute approximate surface area is 182 Å². The van der Waals surface area contributed by atoms with Gasteiger partial charge in [0.1, 0.15) is 12.3 Å². The maximum absolute atomic E-state index is 12.7. The molecule has 0 unspecified atom stereocenters.